The van der Waals surface area contributed by atoms with Crippen LogP contribution < -0.4 is 11.3 Å². The Hall–Kier alpha value is -1.16. The molecule has 0 fully saturated rings. The highest BCUT2D eigenvalue weighted by molar-refractivity contribution is 9.10. The number of hydrogen-bond donors (Lipinski definition) is 2. The lowest BCUT2D eigenvalue weighted by Crippen LogP contribution is -2.30. The molecule has 3 heteroatoms. The van der Waals surface area contributed by atoms with Crippen LogP contribution >= 0.6 is 15.9 Å². The number of halogens is 1. The molecule has 2 aromatic rings. The summed E-state index contributed by atoms with van der Waals surface area (Å²) in [6.07, 6.45) is 0.893. The monoisotopic (exact) mass is 332 g/mol. The van der Waals surface area contributed by atoms with E-state index in [9.17, 15) is 0 Å². The van der Waals surface area contributed by atoms with Crippen molar-refractivity contribution in [1.29, 1.82) is 0 Å². The predicted octanol–water partition coefficient (Wildman–Crippen LogP) is 4.12. The molecule has 0 bridgehead atoms. The van der Waals surface area contributed by atoms with Gasteiger partial charge >= 0.3 is 0 Å². The first-order valence-electron chi connectivity index (χ1n) is 6.80. The van der Waals surface area contributed by atoms with E-state index in [0.29, 0.717) is 0 Å². The number of aryl methyl sites for hydroxylation is 3. The van der Waals surface area contributed by atoms with E-state index in [4.69, 9.17) is 5.84 Å². The van der Waals surface area contributed by atoms with Gasteiger partial charge < -0.3 is 0 Å². The molecule has 0 amide bonds. The second-order valence-electron chi connectivity index (χ2n) is 5.32. The van der Waals surface area contributed by atoms with Crippen LogP contribution in [0.3, 0.4) is 0 Å². The molecule has 0 aliphatic rings. The number of benzene rings is 2. The highest BCUT2D eigenvalue weighted by atomic mass is 79.9. The molecule has 3 N–H and O–H groups in total. The summed E-state index contributed by atoms with van der Waals surface area (Å²) in [5, 5.41) is 0. The van der Waals surface area contributed by atoms with Gasteiger partial charge in [-0.3, -0.25) is 11.3 Å². The van der Waals surface area contributed by atoms with Crippen LogP contribution in [0.2, 0.25) is 0 Å². The fourth-order valence-electron chi connectivity index (χ4n) is 2.51. The van der Waals surface area contributed by atoms with E-state index in [1.54, 1.807) is 0 Å². The summed E-state index contributed by atoms with van der Waals surface area (Å²) in [6.45, 7) is 6.37. The minimum absolute atomic E-state index is 0.126. The van der Waals surface area contributed by atoms with Crippen molar-refractivity contribution in [3.8, 4) is 0 Å². The quantitative estimate of drug-likeness (QED) is 0.652. The van der Waals surface area contributed by atoms with Crippen LogP contribution in [-0.2, 0) is 6.42 Å². The van der Waals surface area contributed by atoms with Gasteiger partial charge in [0.25, 0.3) is 0 Å². The second kappa shape index (κ2) is 6.53. The molecule has 1 unspecified atom stereocenters. The highest BCUT2D eigenvalue weighted by Crippen LogP contribution is 2.27. The van der Waals surface area contributed by atoms with E-state index >= 15 is 0 Å². The molecule has 0 saturated carbocycles. The lowest BCUT2D eigenvalue weighted by molar-refractivity contribution is 0.550. The predicted molar refractivity (Wildman–Crippen MR) is 88.6 cm³/mol. The van der Waals surface area contributed by atoms with Crippen molar-refractivity contribution in [2.45, 2.75) is 33.2 Å². The molecule has 2 aromatic carbocycles. The first-order chi connectivity index (χ1) is 9.52. The Bertz CT molecular complexity index is 585. The van der Waals surface area contributed by atoms with Gasteiger partial charge in [-0.15, -0.1) is 0 Å². The normalized spacial score (nSPS) is 12.4. The molecule has 1 atom stereocenters. The van der Waals surface area contributed by atoms with Crippen molar-refractivity contribution in [3.63, 3.8) is 0 Å². The molecule has 2 rings (SSSR count). The van der Waals surface area contributed by atoms with Gasteiger partial charge in [-0.05, 0) is 55.0 Å². The number of rotatable bonds is 4. The van der Waals surface area contributed by atoms with Gasteiger partial charge in [0.2, 0.25) is 0 Å². The topological polar surface area (TPSA) is 38.0 Å². The molecular weight excluding hydrogens is 312 g/mol. The maximum atomic E-state index is 5.78. The van der Waals surface area contributed by atoms with Crippen molar-refractivity contribution in [1.82, 2.24) is 5.43 Å². The summed E-state index contributed by atoms with van der Waals surface area (Å²) < 4.78 is 1.17. The molecule has 106 valence electrons. The van der Waals surface area contributed by atoms with E-state index in [1.165, 1.54) is 32.3 Å². The van der Waals surface area contributed by atoms with Gasteiger partial charge in [0, 0.05) is 4.47 Å². The zero-order valence-electron chi connectivity index (χ0n) is 12.2. The average molecular weight is 333 g/mol. The van der Waals surface area contributed by atoms with E-state index in [1.807, 2.05) is 0 Å². The van der Waals surface area contributed by atoms with Crippen molar-refractivity contribution in [2.75, 3.05) is 0 Å². The minimum atomic E-state index is 0.126. The zero-order valence-corrected chi connectivity index (χ0v) is 13.8. The van der Waals surface area contributed by atoms with Crippen LogP contribution in [0, 0.1) is 20.8 Å². The largest absolute Gasteiger partial charge is 0.271 e. The SMILES string of the molecule is Cc1ccccc1CC(NN)c1cc(C)c(Br)c(C)c1. The van der Waals surface area contributed by atoms with Gasteiger partial charge in [-0.2, -0.15) is 0 Å². The Morgan fingerprint density at radius 3 is 2.20 bits per heavy atom. The second-order valence-corrected chi connectivity index (χ2v) is 6.11. The van der Waals surface area contributed by atoms with Gasteiger partial charge in [0.05, 0.1) is 6.04 Å². The lowest BCUT2D eigenvalue weighted by atomic mass is 9.94. The Morgan fingerprint density at radius 1 is 1.05 bits per heavy atom. The van der Waals surface area contributed by atoms with Crippen LogP contribution in [0.4, 0.5) is 0 Å². The number of nitrogens with one attached hydrogen (secondary N) is 1. The first-order valence-corrected chi connectivity index (χ1v) is 7.59. The summed E-state index contributed by atoms with van der Waals surface area (Å²) in [5.74, 6) is 5.78. The summed E-state index contributed by atoms with van der Waals surface area (Å²) >= 11 is 3.61. The molecule has 0 spiro atoms. The first kappa shape index (κ1) is 15.2. The maximum absolute atomic E-state index is 5.78. The fraction of sp³-hybridized carbons (Fsp3) is 0.294. The third kappa shape index (κ3) is 3.29. The van der Waals surface area contributed by atoms with Crippen molar-refractivity contribution in [3.05, 3.63) is 68.7 Å². The molecule has 20 heavy (non-hydrogen) atoms. The molecule has 0 saturated heterocycles. The van der Waals surface area contributed by atoms with Crippen LogP contribution in [0.15, 0.2) is 40.9 Å². The van der Waals surface area contributed by atoms with E-state index in [0.717, 1.165) is 6.42 Å². The molecule has 0 aliphatic heterocycles. The maximum Gasteiger partial charge on any atom is 0.0500 e. The molecule has 0 aliphatic carbocycles. The molecule has 0 radical (unpaired) electrons. The fourth-order valence-corrected chi connectivity index (χ4v) is 2.74. The average Bonchev–Trinajstić information content (AvgIpc) is 2.43. The van der Waals surface area contributed by atoms with Crippen LogP contribution in [-0.4, -0.2) is 0 Å². The number of nitrogens with two attached hydrogens (primary N) is 1. The third-order valence-corrected chi connectivity index (χ3v) is 5.00. The Kier molecular flexibility index (Phi) is 4.97. The van der Waals surface area contributed by atoms with Gasteiger partial charge in [-0.25, -0.2) is 0 Å². The summed E-state index contributed by atoms with van der Waals surface area (Å²) in [5.41, 5.74) is 9.30. The Balaban J connectivity index is 2.31. The number of hydrogen-bond acceptors (Lipinski definition) is 2. The summed E-state index contributed by atoms with van der Waals surface area (Å²) in [6, 6.07) is 13.0. The Morgan fingerprint density at radius 2 is 1.65 bits per heavy atom. The standard InChI is InChI=1S/C17H21BrN2/c1-11-6-4-5-7-14(11)10-16(20-19)15-8-12(2)17(18)13(3)9-15/h4-9,16,20H,10,19H2,1-3H3. The highest BCUT2D eigenvalue weighted by Gasteiger charge is 2.14. The van der Waals surface area contributed by atoms with Crippen molar-refractivity contribution >= 4 is 15.9 Å². The van der Waals surface area contributed by atoms with E-state index in [2.05, 4.69) is 78.5 Å². The lowest BCUT2D eigenvalue weighted by Gasteiger charge is -2.19. The zero-order chi connectivity index (χ0) is 14.7. The van der Waals surface area contributed by atoms with Crippen molar-refractivity contribution < 1.29 is 0 Å². The number of hydrazine groups is 1. The molecule has 0 heterocycles. The summed E-state index contributed by atoms with van der Waals surface area (Å²) in [7, 11) is 0. The molecule has 0 aromatic heterocycles. The molecule has 2 nitrogen and oxygen atoms in total. The van der Waals surface area contributed by atoms with Crippen LogP contribution in [0.25, 0.3) is 0 Å². The van der Waals surface area contributed by atoms with Gasteiger partial charge in [0.1, 0.15) is 0 Å². The van der Waals surface area contributed by atoms with Crippen LogP contribution in [0.5, 0.6) is 0 Å². The summed E-state index contributed by atoms with van der Waals surface area (Å²) in [4.78, 5) is 0. The van der Waals surface area contributed by atoms with Gasteiger partial charge in [0.15, 0.2) is 0 Å². The third-order valence-electron chi connectivity index (χ3n) is 3.75. The van der Waals surface area contributed by atoms with E-state index in [-0.39, 0.29) is 6.04 Å². The molecular formula is C17H21BrN2. The minimum Gasteiger partial charge on any atom is -0.271 e. The smallest absolute Gasteiger partial charge is 0.0500 e. The Labute approximate surface area is 129 Å². The van der Waals surface area contributed by atoms with Crippen LogP contribution in [0.1, 0.15) is 33.9 Å². The van der Waals surface area contributed by atoms with E-state index < -0.39 is 0 Å². The van der Waals surface area contributed by atoms with Crippen molar-refractivity contribution in [2.24, 2.45) is 5.84 Å². The van der Waals surface area contributed by atoms with Gasteiger partial charge in [-0.1, -0.05) is 52.3 Å².